The molecular weight excluding hydrogens is 462 g/mol. The number of carbonyl (C=O) groups is 2. The van der Waals surface area contributed by atoms with Crippen LogP contribution in [0.4, 0.5) is 11.4 Å². The molecule has 2 aromatic carbocycles. The molecule has 0 fully saturated rings. The predicted octanol–water partition coefficient (Wildman–Crippen LogP) is 3.19. The summed E-state index contributed by atoms with van der Waals surface area (Å²) in [6.07, 6.45) is 1.34. The highest BCUT2D eigenvalue weighted by molar-refractivity contribution is 7.92. The Balaban J connectivity index is 1.82. The number of phenols is 1. The van der Waals surface area contributed by atoms with E-state index in [1.807, 2.05) is 0 Å². The fourth-order valence-electron chi connectivity index (χ4n) is 3.08. The third-order valence-electron chi connectivity index (χ3n) is 4.87. The van der Waals surface area contributed by atoms with Gasteiger partial charge >= 0.3 is 0 Å². The fourth-order valence-corrected chi connectivity index (χ4v) is 4.18. The number of anilines is 2. The molecule has 0 aliphatic carbocycles. The smallest absolute Gasteiger partial charge is 0.287 e. The molecule has 1 atom stereocenters. The Morgan fingerprint density at radius 1 is 1.03 bits per heavy atom. The van der Waals surface area contributed by atoms with E-state index in [-0.39, 0.29) is 33.7 Å². The molecule has 34 heavy (non-hydrogen) atoms. The van der Waals surface area contributed by atoms with E-state index < -0.39 is 27.9 Å². The molecule has 1 aromatic heterocycles. The third kappa shape index (κ3) is 5.67. The molecule has 0 saturated carbocycles. The Bertz CT molecular complexity index is 1270. The van der Waals surface area contributed by atoms with Crippen LogP contribution in [0, 0.1) is 5.92 Å². The van der Waals surface area contributed by atoms with E-state index in [1.165, 1.54) is 31.6 Å². The summed E-state index contributed by atoms with van der Waals surface area (Å²) >= 11 is 0. The van der Waals surface area contributed by atoms with Crippen molar-refractivity contribution >= 4 is 33.2 Å². The van der Waals surface area contributed by atoms with Crippen molar-refractivity contribution in [1.29, 1.82) is 0 Å². The summed E-state index contributed by atoms with van der Waals surface area (Å²) < 4.78 is 38.5. The number of rotatable bonds is 9. The third-order valence-corrected chi connectivity index (χ3v) is 6.23. The van der Waals surface area contributed by atoms with E-state index in [0.29, 0.717) is 5.75 Å². The van der Waals surface area contributed by atoms with Crippen molar-refractivity contribution in [2.24, 2.45) is 5.92 Å². The zero-order valence-electron chi connectivity index (χ0n) is 18.7. The molecular formula is C23H25N3O7S. The van der Waals surface area contributed by atoms with Gasteiger partial charge in [0.1, 0.15) is 17.5 Å². The average Bonchev–Trinajstić information content (AvgIpc) is 3.33. The molecule has 0 radical (unpaired) electrons. The summed E-state index contributed by atoms with van der Waals surface area (Å²) in [5.74, 6) is -1.52. The molecule has 0 aliphatic rings. The second-order valence-electron chi connectivity index (χ2n) is 7.65. The van der Waals surface area contributed by atoms with Crippen molar-refractivity contribution in [3.8, 4) is 11.5 Å². The lowest BCUT2D eigenvalue weighted by molar-refractivity contribution is -0.118. The highest BCUT2D eigenvalue weighted by Crippen LogP contribution is 2.30. The summed E-state index contributed by atoms with van der Waals surface area (Å²) in [5.41, 5.74) is 0.0926. The number of ether oxygens (including phenoxy) is 1. The number of hydrogen-bond donors (Lipinski definition) is 4. The van der Waals surface area contributed by atoms with Crippen molar-refractivity contribution in [3.63, 3.8) is 0 Å². The molecule has 0 bridgehead atoms. The van der Waals surface area contributed by atoms with E-state index >= 15 is 0 Å². The van der Waals surface area contributed by atoms with Gasteiger partial charge in [-0.05, 0) is 48.4 Å². The number of furan rings is 1. The van der Waals surface area contributed by atoms with Gasteiger partial charge in [0.15, 0.2) is 5.76 Å². The summed E-state index contributed by atoms with van der Waals surface area (Å²) in [6.45, 7) is 3.45. The number of para-hydroxylation sites is 2. The summed E-state index contributed by atoms with van der Waals surface area (Å²) in [7, 11) is -2.67. The first kappa shape index (κ1) is 24.6. The van der Waals surface area contributed by atoms with Crippen LogP contribution in [-0.2, 0) is 14.8 Å². The number of hydrogen-bond acceptors (Lipinski definition) is 7. The van der Waals surface area contributed by atoms with Gasteiger partial charge in [0, 0.05) is 0 Å². The quantitative estimate of drug-likeness (QED) is 0.339. The number of aromatic hydroxyl groups is 1. The molecule has 0 aliphatic heterocycles. The normalized spacial score (nSPS) is 12.1. The monoisotopic (exact) mass is 487 g/mol. The van der Waals surface area contributed by atoms with E-state index in [1.54, 1.807) is 38.1 Å². The summed E-state index contributed by atoms with van der Waals surface area (Å²) in [6, 6.07) is 12.0. The van der Waals surface area contributed by atoms with Crippen LogP contribution in [0.3, 0.4) is 0 Å². The van der Waals surface area contributed by atoms with Gasteiger partial charge in [-0.15, -0.1) is 0 Å². The largest absolute Gasteiger partial charge is 0.506 e. The van der Waals surface area contributed by atoms with Gasteiger partial charge in [-0.1, -0.05) is 26.0 Å². The maximum Gasteiger partial charge on any atom is 0.287 e. The average molecular weight is 488 g/mol. The SMILES string of the molecule is COc1ccccc1NS(=O)(=O)c1ccc(O)c(NC(=O)[C@@H](NC(=O)c2ccco2)C(C)C)c1. The molecule has 3 aromatic rings. The summed E-state index contributed by atoms with van der Waals surface area (Å²) in [4.78, 5) is 25.0. The molecule has 0 unspecified atom stereocenters. The van der Waals surface area contributed by atoms with Gasteiger partial charge in [0.05, 0.1) is 29.6 Å². The molecule has 10 nitrogen and oxygen atoms in total. The van der Waals surface area contributed by atoms with E-state index in [4.69, 9.17) is 9.15 Å². The van der Waals surface area contributed by atoms with Crippen LogP contribution in [0.5, 0.6) is 11.5 Å². The zero-order valence-corrected chi connectivity index (χ0v) is 19.5. The molecule has 0 saturated heterocycles. The van der Waals surface area contributed by atoms with Crippen LogP contribution in [0.25, 0.3) is 0 Å². The Morgan fingerprint density at radius 3 is 2.41 bits per heavy atom. The highest BCUT2D eigenvalue weighted by Gasteiger charge is 2.27. The van der Waals surface area contributed by atoms with Crippen molar-refractivity contribution in [1.82, 2.24) is 5.32 Å². The van der Waals surface area contributed by atoms with Crippen molar-refractivity contribution in [2.45, 2.75) is 24.8 Å². The lowest BCUT2D eigenvalue weighted by atomic mass is 10.0. The number of benzene rings is 2. The lowest BCUT2D eigenvalue weighted by Crippen LogP contribution is -2.47. The van der Waals surface area contributed by atoms with Crippen molar-refractivity contribution < 1.29 is 32.3 Å². The predicted molar refractivity (Wildman–Crippen MR) is 125 cm³/mol. The number of carbonyl (C=O) groups excluding carboxylic acids is 2. The van der Waals surface area contributed by atoms with Crippen LogP contribution in [0.2, 0.25) is 0 Å². The minimum atomic E-state index is -4.08. The Morgan fingerprint density at radius 2 is 1.76 bits per heavy atom. The first-order valence-corrected chi connectivity index (χ1v) is 11.7. The molecule has 3 rings (SSSR count). The number of phenolic OH excluding ortho intramolecular Hbond substituents is 1. The second kappa shape index (κ2) is 10.3. The maximum absolute atomic E-state index is 12.9. The van der Waals surface area contributed by atoms with Gasteiger partial charge in [-0.3, -0.25) is 14.3 Å². The fraction of sp³-hybridized carbons (Fsp3) is 0.217. The maximum atomic E-state index is 12.9. The van der Waals surface area contributed by atoms with Gasteiger partial charge in [-0.25, -0.2) is 8.42 Å². The number of methoxy groups -OCH3 is 1. The Kier molecular flexibility index (Phi) is 7.47. The molecule has 180 valence electrons. The summed E-state index contributed by atoms with van der Waals surface area (Å²) in [5, 5.41) is 15.3. The minimum Gasteiger partial charge on any atom is -0.506 e. The molecule has 11 heteroatoms. The topological polar surface area (TPSA) is 147 Å². The van der Waals surface area contributed by atoms with Crippen LogP contribution < -0.4 is 20.1 Å². The van der Waals surface area contributed by atoms with Crippen LogP contribution in [-0.4, -0.2) is 38.5 Å². The molecule has 1 heterocycles. The lowest BCUT2D eigenvalue weighted by Gasteiger charge is -2.21. The van der Waals surface area contributed by atoms with Gasteiger partial charge in [0.2, 0.25) is 5.91 Å². The minimum absolute atomic E-state index is 0.0387. The molecule has 4 N–H and O–H groups in total. The zero-order chi connectivity index (χ0) is 24.9. The molecule has 0 spiro atoms. The molecule has 2 amide bonds. The number of nitrogens with one attached hydrogen (secondary N) is 3. The van der Waals surface area contributed by atoms with E-state index in [0.717, 1.165) is 12.1 Å². The Labute approximate surface area is 197 Å². The first-order valence-electron chi connectivity index (χ1n) is 10.3. The van der Waals surface area contributed by atoms with Crippen LogP contribution in [0.15, 0.2) is 70.2 Å². The first-order chi connectivity index (χ1) is 16.1. The van der Waals surface area contributed by atoms with E-state index in [2.05, 4.69) is 15.4 Å². The highest BCUT2D eigenvalue weighted by atomic mass is 32.2. The van der Waals surface area contributed by atoms with Gasteiger partial charge in [0.25, 0.3) is 15.9 Å². The Hall–Kier alpha value is -3.99. The van der Waals surface area contributed by atoms with Crippen molar-refractivity contribution in [3.05, 3.63) is 66.6 Å². The second-order valence-corrected chi connectivity index (χ2v) is 9.33. The standard InChI is InChI=1S/C23H25N3O7S/c1-14(2)21(25-22(28)20-9-6-12-33-20)23(29)24-17-13-15(10-11-18(17)27)34(30,31)26-16-7-4-5-8-19(16)32-3/h4-14,21,26-27H,1-3H3,(H,24,29)(H,25,28)/t21-/m0/s1. The van der Waals surface area contributed by atoms with Crippen LogP contribution in [0.1, 0.15) is 24.4 Å². The van der Waals surface area contributed by atoms with Gasteiger partial charge < -0.3 is 24.9 Å². The van der Waals surface area contributed by atoms with Crippen LogP contribution >= 0.6 is 0 Å². The number of sulfonamides is 1. The van der Waals surface area contributed by atoms with Crippen molar-refractivity contribution in [2.75, 3.05) is 17.1 Å². The van der Waals surface area contributed by atoms with E-state index in [9.17, 15) is 23.1 Å². The number of amides is 2. The van der Waals surface area contributed by atoms with Gasteiger partial charge in [-0.2, -0.15) is 0 Å².